The molecule has 0 N–H and O–H groups in total. The van der Waals surface area contributed by atoms with Gasteiger partial charge in [-0.05, 0) is 24.3 Å². The Morgan fingerprint density at radius 1 is 0.882 bits per heavy atom. The van der Waals surface area contributed by atoms with E-state index >= 15 is 0 Å². The first-order chi connectivity index (χ1) is 15.5. The maximum Gasteiger partial charge on any atom is 1.00 e. The van der Waals surface area contributed by atoms with Crippen LogP contribution in [-0.4, -0.2) is 38.7 Å². The van der Waals surface area contributed by atoms with Crippen molar-refractivity contribution in [1.29, 1.82) is 10.5 Å². The van der Waals surface area contributed by atoms with E-state index in [9.17, 15) is 14.7 Å². The van der Waals surface area contributed by atoms with Crippen LogP contribution in [0.1, 0.15) is 54.8 Å². The van der Waals surface area contributed by atoms with Crippen LogP contribution in [0.3, 0.4) is 0 Å². The molecule has 0 fully saturated rings. The maximum atomic E-state index is 11.3. The number of carbonyl (C=O) groups is 2. The number of ketones is 1. The number of para-hydroxylation sites is 2. The van der Waals surface area contributed by atoms with Crippen molar-refractivity contribution in [3.8, 4) is 23.6 Å². The number of hydrogen-bond donors (Lipinski definition) is 0. The topological polar surface area (TPSA) is 132 Å². The Morgan fingerprint density at radius 3 is 1.59 bits per heavy atom. The molecule has 0 aliphatic rings. The molecule has 0 atom stereocenters. The Labute approximate surface area is 244 Å². The molecule has 178 valence electrons. The summed E-state index contributed by atoms with van der Waals surface area (Å²) in [4.78, 5) is 22.4. The van der Waals surface area contributed by atoms with Crippen molar-refractivity contribution in [3.05, 3.63) is 59.7 Å². The van der Waals surface area contributed by atoms with Crippen LogP contribution in [0.25, 0.3) is 0 Å². The monoisotopic (exact) mass is 494 g/mol. The molecular formula is C25H31KN2O6. The summed E-state index contributed by atoms with van der Waals surface area (Å²) in [6.07, 6.45) is -0.111. The molecule has 2 rings (SSSR count). The number of hydrogen-bond acceptors (Lipinski definition) is 8. The summed E-state index contributed by atoms with van der Waals surface area (Å²) in [5.41, 5.74) is 0.161. The summed E-state index contributed by atoms with van der Waals surface area (Å²) in [6.45, 7) is 6.33. The largest absolute Gasteiger partial charge is 1.00 e. The predicted molar refractivity (Wildman–Crippen MR) is 123 cm³/mol. The molecule has 0 amide bonds. The molecule has 8 nitrogen and oxygen atoms in total. The third-order valence-electron chi connectivity index (χ3n) is 3.16. The predicted octanol–water partition coefficient (Wildman–Crippen LogP) is 0.952. The van der Waals surface area contributed by atoms with Gasteiger partial charge in [-0.25, -0.2) is 4.79 Å². The van der Waals surface area contributed by atoms with Crippen LogP contribution in [0.2, 0.25) is 0 Å². The first-order valence-corrected chi connectivity index (χ1v) is 9.76. The fourth-order valence-corrected chi connectivity index (χ4v) is 1.97. The maximum absolute atomic E-state index is 11.3. The van der Waals surface area contributed by atoms with Crippen LogP contribution in [0, 0.1) is 22.7 Å². The van der Waals surface area contributed by atoms with Gasteiger partial charge in [0.1, 0.15) is 17.1 Å². The summed E-state index contributed by atoms with van der Waals surface area (Å²) < 4.78 is 14.5. The number of carbonyl (C=O) groups excluding carboxylic acids is 2. The van der Waals surface area contributed by atoms with E-state index in [1.807, 2.05) is 6.07 Å². The third-order valence-corrected chi connectivity index (χ3v) is 3.16. The van der Waals surface area contributed by atoms with Gasteiger partial charge in [0.15, 0.2) is 5.78 Å². The standard InChI is InChI=1S/C10H9NO2.C9H10O3.C4H9O.C2H3N.K/c1-13-10-5-3-2-4-8(10)9(12)6-7-11;1-11-8-6-4-3-5-7(8)9(10)12-2;1-4(2,3)5;1-2-3;/h2-5H,6H2,1H3;3-6H,1-2H3;1-3H3;1H3;/q;;-1;;+1. The normalized spacial score (nSPS) is 8.65. The number of methoxy groups -OCH3 is 3. The Hall–Kier alpha value is -2.24. The summed E-state index contributed by atoms with van der Waals surface area (Å²) in [5, 5.41) is 25.8. The van der Waals surface area contributed by atoms with Gasteiger partial charge in [-0.1, -0.05) is 45.0 Å². The number of nitriles is 2. The van der Waals surface area contributed by atoms with Crippen LogP contribution >= 0.6 is 0 Å². The number of esters is 1. The zero-order valence-corrected chi connectivity index (χ0v) is 24.3. The molecule has 2 aromatic carbocycles. The van der Waals surface area contributed by atoms with E-state index in [1.54, 1.807) is 75.4 Å². The zero-order chi connectivity index (χ0) is 25.9. The van der Waals surface area contributed by atoms with Crippen LogP contribution in [-0.2, 0) is 4.74 Å². The second kappa shape index (κ2) is 21.3. The van der Waals surface area contributed by atoms with E-state index in [1.165, 1.54) is 28.3 Å². The van der Waals surface area contributed by atoms with E-state index in [-0.39, 0.29) is 69.6 Å². The van der Waals surface area contributed by atoms with Gasteiger partial charge in [0, 0.05) is 6.92 Å². The average molecular weight is 495 g/mol. The van der Waals surface area contributed by atoms with Gasteiger partial charge in [-0.15, -0.1) is 5.60 Å². The van der Waals surface area contributed by atoms with Crippen molar-refractivity contribution >= 4 is 11.8 Å². The van der Waals surface area contributed by atoms with Crippen molar-refractivity contribution in [1.82, 2.24) is 0 Å². The molecule has 0 saturated heterocycles. The summed E-state index contributed by atoms with van der Waals surface area (Å²) in [6, 6.07) is 17.4. The van der Waals surface area contributed by atoms with Gasteiger partial charge in [0.05, 0.1) is 45.5 Å². The molecule has 0 aliphatic carbocycles. The van der Waals surface area contributed by atoms with E-state index in [0.717, 1.165) is 0 Å². The molecule has 34 heavy (non-hydrogen) atoms. The SMILES string of the molecule is CC#N.CC(C)(C)[O-].COC(=O)c1ccccc1OC.COc1ccccc1C(=O)CC#N.[K+]. The van der Waals surface area contributed by atoms with Crippen molar-refractivity contribution in [2.45, 2.75) is 39.7 Å². The van der Waals surface area contributed by atoms with Crippen molar-refractivity contribution < 1.29 is 80.3 Å². The fourth-order valence-electron chi connectivity index (χ4n) is 1.97. The first kappa shape index (κ1) is 36.3. The first-order valence-electron chi connectivity index (χ1n) is 9.76. The Morgan fingerprint density at radius 2 is 1.24 bits per heavy atom. The van der Waals surface area contributed by atoms with E-state index < -0.39 is 5.60 Å². The van der Waals surface area contributed by atoms with E-state index in [4.69, 9.17) is 20.0 Å². The average Bonchev–Trinajstić information content (AvgIpc) is 2.78. The van der Waals surface area contributed by atoms with Crippen molar-refractivity contribution in [3.63, 3.8) is 0 Å². The third kappa shape index (κ3) is 18.2. The van der Waals surface area contributed by atoms with Gasteiger partial charge >= 0.3 is 57.4 Å². The van der Waals surface area contributed by atoms with Gasteiger partial charge in [0.2, 0.25) is 0 Å². The molecule has 0 heterocycles. The smallest absolute Gasteiger partial charge is 0.850 e. The number of Topliss-reactive ketones (excluding diaryl/α,β-unsaturated/α-hetero) is 1. The van der Waals surface area contributed by atoms with Crippen LogP contribution < -0.4 is 66.0 Å². The molecule has 0 radical (unpaired) electrons. The van der Waals surface area contributed by atoms with Gasteiger partial charge < -0.3 is 19.3 Å². The van der Waals surface area contributed by atoms with E-state index in [0.29, 0.717) is 22.6 Å². The molecule has 0 aliphatic heterocycles. The van der Waals surface area contributed by atoms with Crippen molar-refractivity contribution in [2.75, 3.05) is 21.3 Å². The Balaban J connectivity index is -0.000000424. The minimum absolute atomic E-state index is 0. The number of rotatable bonds is 5. The van der Waals surface area contributed by atoms with Crippen LogP contribution in [0.4, 0.5) is 0 Å². The minimum Gasteiger partial charge on any atom is -0.850 e. The zero-order valence-electron chi connectivity index (χ0n) is 21.2. The molecule has 9 heteroatoms. The summed E-state index contributed by atoms with van der Waals surface area (Å²) in [5.74, 6) is 0.458. The van der Waals surface area contributed by atoms with Crippen LogP contribution in [0.5, 0.6) is 11.5 Å². The van der Waals surface area contributed by atoms with Crippen molar-refractivity contribution in [2.24, 2.45) is 0 Å². The second-order valence-corrected chi connectivity index (χ2v) is 6.99. The molecule has 2 aromatic rings. The fraction of sp³-hybridized carbons (Fsp3) is 0.360. The van der Waals surface area contributed by atoms with Gasteiger partial charge in [-0.2, -0.15) is 10.5 Å². The summed E-state index contributed by atoms with van der Waals surface area (Å²) in [7, 11) is 4.36. The Kier molecular flexibility index (Phi) is 22.8. The molecule has 0 saturated carbocycles. The van der Waals surface area contributed by atoms with Gasteiger partial charge in [-0.3, -0.25) is 4.79 Å². The molecule has 0 spiro atoms. The molecule has 0 aromatic heterocycles. The quantitative estimate of drug-likeness (QED) is 0.341. The Bertz CT molecular complexity index is 937. The molecule has 0 unspecified atom stereocenters. The van der Waals surface area contributed by atoms with Gasteiger partial charge in [0.25, 0.3) is 0 Å². The van der Waals surface area contributed by atoms with Crippen LogP contribution in [0.15, 0.2) is 48.5 Å². The summed E-state index contributed by atoms with van der Waals surface area (Å²) >= 11 is 0. The second-order valence-electron chi connectivity index (χ2n) is 6.99. The minimum atomic E-state index is -0.750. The number of benzene rings is 2. The number of ether oxygens (including phenoxy) is 3. The molecular weight excluding hydrogens is 463 g/mol. The number of nitrogens with zero attached hydrogens (tertiary/aromatic N) is 2. The van der Waals surface area contributed by atoms with E-state index in [2.05, 4.69) is 4.74 Å². The molecule has 0 bridgehead atoms.